The van der Waals surface area contributed by atoms with Crippen molar-refractivity contribution in [2.45, 2.75) is 13.5 Å². The second kappa shape index (κ2) is 3.19. The summed E-state index contributed by atoms with van der Waals surface area (Å²) in [5.41, 5.74) is 1.95. The Labute approximate surface area is 66.9 Å². The van der Waals surface area contributed by atoms with Crippen molar-refractivity contribution in [3.05, 3.63) is 30.9 Å². The molecule has 0 fully saturated rings. The highest BCUT2D eigenvalue weighted by atomic mass is 15.0. The van der Waals surface area contributed by atoms with E-state index in [4.69, 9.17) is 0 Å². The molecule has 0 unspecified atom stereocenters. The van der Waals surface area contributed by atoms with Gasteiger partial charge in [-0.05, 0) is 19.1 Å². The molecule has 0 saturated carbocycles. The molecule has 0 N–H and O–H groups in total. The minimum absolute atomic E-state index is 0.904. The molecule has 2 heteroatoms. The minimum atomic E-state index is 0.904. The van der Waals surface area contributed by atoms with Crippen molar-refractivity contribution in [3.8, 4) is 0 Å². The number of aryl methyl sites for hydroxylation is 1. The first kappa shape index (κ1) is 7.79. The van der Waals surface area contributed by atoms with Crippen LogP contribution in [-0.4, -0.2) is 9.55 Å². The molecule has 0 saturated heterocycles. The quantitative estimate of drug-likeness (QED) is 0.642. The average Bonchev–Trinajstić information content (AvgIpc) is 2.45. The van der Waals surface area contributed by atoms with Crippen LogP contribution in [-0.2, 0) is 6.54 Å². The lowest BCUT2D eigenvalue weighted by atomic mass is 10.3. The fraction of sp³-hybridized carbons (Fsp3) is 0.222. The zero-order chi connectivity index (χ0) is 8.27. The van der Waals surface area contributed by atoms with Crippen LogP contribution in [0.5, 0.6) is 0 Å². The first-order valence-electron chi connectivity index (χ1n) is 3.63. The summed E-state index contributed by atoms with van der Waals surface area (Å²) >= 11 is 0. The Bertz CT molecular complexity index is 271. The monoisotopic (exact) mass is 148 g/mol. The molecule has 1 heterocycles. The van der Waals surface area contributed by atoms with Crippen molar-refractivity contribution in [1.82, 2.24) is 9.55 Å². The summed E-state index contributed by atoms with van der Waals surface area (Å²) in [5, 5.41) is 0. The topological polar surface area (TPSA) is 17.8 Å². The van der Waals surface area contributed by atoms with Gasteiger partial charge in [0.15, 0.2) is 0 Å². The Morgan fingerprint density at radius 2 is 2.27 bits per heavy atom. The van der Waals surface area contributed by atoms with Gasteiger partial charge in [-0.3, -0.25) is 0 Å². The van der Waals surface area contributed by atoms with Crippen LogP contribution >= 0.6 is 0 Å². The van der Waals surface area contributed by atoms with E-state index in [0.717, 1.165) is 17.9 Å². The van der Waals surface area contributed by atoms with Gasteiger partial charge < -0.3 is 4.57 Å². The molecule has 11 heavy (non-hydrogen) atoms. The zero-order valence-corrected chi connectivity index (χ0v) is 6.75. The number of hydrogen-bond donors (Lipinski definition) is 0. The lowest BCUT2D eigenvalue weighted by Crippen LogP contribution is -1.94. The largest absolute Gasteiger partial charge is 0.331 e. The summed E-state index contributed by atoms with van der Waals surface area (Å²) in [6.07, 6.45) is 5.34. The average molecular weight is 148 g/mol. The molecular formula is C9H12N2. The molecule has 1 aromatic rings. The fourth-order valence-electron chi connectivity index (χ4n) is 1.04. The molecule has 0 radical (unpaired) electrons. The molecule has 0 aliphatic rings. The van der Waals surface area contributed by atoms with Crippen LogP contribution < -0.4 is 0 Å². The van der Waals surface area contributed by atoms with Gasteiger partial charge in [-0.15, -0.1) is 0 Å². The van der Waals surface area contributed by atoms with Gasteiger partial charge in [-0.25, -0.2) is 4.98 Å². The molecule has 1 aromatic heterocycles. The van der Waals surface area contributed by atoms with Crippen molar-refractivity contribution in [2.75, 3.05) is 0 Å². The summed E-state index contributed by atoms with van der Waals surface area (Å²) in [4.78, 5) is 4.15. The summed E-state index contributed by atoms with van der Waals surface area (Å²) < 4.78 is 2.03. The first-order chi connectivity index (χ1) is 5.33. The molecule has 0 aliphatic heterocycles. The third-order valence-corrected chi connectivity index (χ3v) is 1.64. The van der Waals surface area contributed by atoms with Crippen LogP contribution in [0, 0.1) is 0 Å². The normalized spacial score (nSPS) is 9.55. The molecule has 2 nitrogen and oxygen atoms in total. The van der Waals surface area contributed by atoms with Crippen molar-refractivity contribution >= 4 is 12.2 Å². The van der Waals surface area contributed by atoms with Gasteiger partial charge in [0.05, 0.1) is 17.7 Å². The van der Waals surface area contributed by atoms with Gasteiger partial charge in [0, 0.05) is 6.54 Å². The molecule has 1 rings (SSSR count). The predicted molar refractivity (Wildman–Crippen MR) is 48.1 cm³/mol. The standard InChI is InChI=1S/C9H12N2/c1-4-8-9(5-2)11(6-3)7-10-8/h4-5,7H,1-2,6H2,3H3. The highest BCUT2D eigenvalue weighted by Gasteiger charge is 2.01. The Balaban J connectivity index is 3.18. The second-order valence-electron chi connectivity index (χ2n) is 2.21. The Kier molecular flexibility index (Phi) is 2.26. The van der Waals surface area contributed by atoms with E-state index in [1.807, 2.05) is 4.57 Å². The lowest BCUT2D eigenvalue weighted by molar-refractivity contribution is 0.754. The van der Waals surface area contributed by atoms with Crippen LogP contribution in [0.2, 0.25) is 0 Å². The number of imidazole rings is 1. The fourth-order valence-corrected chi connectivity index (χ4v) is 1.04. The van der Waals surface area contributed by atoms with Crippen LogP contribution in [0.4, 0.5) is 0 Å². The van der Waals surface area contributed by atoms with Crippen LogP contribution in [0.1, 0.15) is 18.3 Å². The van der Waals surface area contributed by atoms with Crippen molar-refractivity contribution in [1.29, 1.82) is 0 Å². The SMILES string of the molecule is C=Cc1ncn(CC)c1C=C. The molecule has 0 atom stereocenters. The summed E-state index contributed by atoms with van der Waals surface area (Å²) in [6, 6.07) is 0. The Morgan fingerprint density at radius 3 is 2.73 bits per heavy atom. The van der Waals surface area contributed by atoms with E-state index in [1.165, 1.54) is 0 Å². The van der Waals surface area contributed by atoms with Gasteiger partial charge in [0.25, 0.3) is 0 Å². The molecular weight excluding hydrogens is 136 g/mol. The van der Waals surface area contributed by atoms with Gasteiger partial charge >= 0.3 is 0 Å². The number of nitrogens with zero attached hydrogens (tertiary/aromatic N) is 2. The number of rotatable bonds is 3. The minimum Gasteiger partial charge on any atom is -0.331 e. The van der Waals surface area contributed by atoms with Crippen LogP contribution in [0.25, 0.3) is 12.2 Å². The maximum atomic E-state index is 4.15. The van der Waals surface area contributed by atoms with E-state index in [1.54, 1.807) is 18.5 Å². The summed E-state index contributed by atoms with van der Waals surface area (Å²) in [7, 11) is 0. The smallest absolute Gasteiger partial charge is 0.0958 e. The lowest BCUT2D eigenvalue weighted by Gasteiger charge is -1.99. The van der Waals surface area contributed by atoms with Gasteiger partial charge in [0.2, 0.25) is 0 Å². The zero-order valence-electron chi connectivity index (χ0n) is 6.75. The van der Waals surface area contributed by atoms with E-state index in [9.17, 15) is 0 Å². The van der Waals surface area contributed by atoms with Crippen molar-refractivity contribution in [2.24, 2.45) is 0 Å². The molecule has 0 aliphatic carbocycles. The maximum absolute atomic E-state index is 4.15. The highest BCUT2D eigenvalue weighted by Crippen LogP contribution is 2.09. The van der Waals surface area contributed by atoms with Crippen molar-refractivity contribution < 1.29 is 0 Å². The molecule has 58 valence electrons. The number of aromatic nitrogens is 2. The van der Waals surface area contributed by atoms with E-state index in [-0.39, 0.29) is 0 Å². The van der Waals surface area contributed by atoms with E-state index >= 15 is 0 Å². The third kappa shape index (κ3) is 1.24. The van der Waals surface area contributed by atoms with Crippen LogP contribution in [0.15, 0.2) is 19.5 Å². The first-order valence-corrected chi connectivity index (χ1v) is 3.63. The van der Waals surface area contributed by atoms with Gasteiger partial charge in [-0.1, -0.05) is 13.2 Å². The summed E-state index contributed by atoms with van der Waals surface area (Å²) in [5.74, 6) is 0. The van der Waals surface area contributed by atoms with Gasteiger partial charge in [-0.2, -0.15) is 0 Å². The Morgan fingerprint density at radius 1 is 1.55 bits per heavy atom. The summed E-state index contributed by atoms with van der Waals surface area (Å²) in [6.45, 7) is 10.4. The van der Waals surface area contributed by atoms with Crippen LogP contribution in [0.3, 0.4) is 0 Å². The second-order valence-corrected chi connectivity index (χ2v) is 2.21. The van der Waals surface area contributed by atoms with E-state index in [2.05, 4.69) is 25.1 Å². The third-order valence-electron chi connectivity index (χ3n) is 1.64. The van der Waals surface area contributed by atoms with Gasteiger partial charge in [0.1, 0.15) is 0 Å². The highest BCUT2D eigenvalue weighted by molar-refractivity contribution is 5.57. The molecule has 0 amide bonds. The maximum Gasteiger partial charge on any atom is 0.0958 e. The van der Waals surface area contributed by atoms with E-state index < -0.39 is 0 Å². The number of hydrogen-bond acceptors (Lipinski definition) is 1. The van der Waals surface area contributed by atoms with Crippen molar-refractivity contribution in [3.63, 3.8) is 0 Å². The van der Waals surface area contributed by atoms with E-state index in [0.29, 0.717) is 0 Å². The molecule has 0 aromatic carbocycles. The Hall–Kier alpha value is -1.31. The molecule has 0 spiro atoms. The predicted octanol–water partition coefficient (Wildman–Crippen LogP) is 2.19. The molecule has 0 bridgehead atoms.